The number of nitrogens with zero attached hydrogens (tertiary/aromatic N) is 4. The van der Waals surface area contributed by atoms with Crippen LogP contribution in [0.1, 0.15) is 65.4 Å². The van der Waals surface area contributed by atoms with E-state index < -0.39 is 11.9 Å². The maximum Gasteiger partial charge on any atom is 0.358 e. The predicted octanol–water partition coefficient (Wildman–Crippen LogP) is 3.57. The zero-order valence-electron chi connectivity index (χ0n) is 19.7. The summed E-state index contributed by atoms with van der Waals surface area (Å²) in [6.07, 6.45) is 11.2. The zero-order valence-corrected chi connectivity index (χ0v) is 19.7. The van der Waals surface area contributed by atoms with Gasteiger partial charge in [0.05, 0.1) is 17.9 Å². The number of carboxylic acid groups (broad SMARTS) is 1. The number of amides is 1. The number of nitrogens with one attached hydrogen (secondary N) is 1. The van der Waals surface area contributed by atoms with E-state index in [4.69, 9.17) is 10.5 Å². The molecule has 0 atom stereocenters. The lowest BCUT2D eigenvalue weighted by molar-refractivity contribution is 0.0645. The summed E-state index contributed by atoms with van der Waals surface area (Å²) in [5.41, 5.74) is 7.75. The maximum atomic E-state index is 13.0. The molecule has 1 aliphatic heterocycles. The molecule has 4 N–H and O–H groups in total. The highest BCUT2D eigenvalue weighted by atomic mass is 16.5. The van der Waals surface area contributed by atoms with Crippen LogP contribution in [0.3, 0.4) is 0 Å². The molecule has 0 unspecified atom stereocenters. The van der Waals surface area contributed by atoms with Crippen LogP contribution in [0.25, 0.3) is 11.1 Å². The fourth-order valence-corrected chi connectivity index (χ4v) is 4.22. The van der Waals surface area contributed by atoms with E-state index in [2.05, 4.69) is 15.5 Å². The van der Waals surface area contributed by atoms with Crippen LogP contribution in [0.5, 0.6) is 0 Å². The molecular formula is C25H32N6O4. The number of carbonyl (C=O) groups is 2. The van der Waals surface area contributed by atoms with E-state index in [1.165, 1.54) is 0 Å². The number of ether oxygens (including phenoxy) is 1. The number of anilines is 1. The number of unbranched alkanes of at least 4 members (excludes halogenated alkanes) is 3. The highest BCUT2D eigenvalue weighted by Crippen LogP contribution is 2.25. The summed E-state index contributed by atoms with van der Waals surface area (Å²) in [6, 6.07) is 7.25. The van der Waals surface area contributed by atoms with Crippen LogP contribution in [0.2, 0.25) is 0 Å². The monoisotopic (exact) mass is 480 g/mol. The third-order valence-electron chi connectivity index (χ3n) is 6.18. The van der Waals surface area contributed by atoms with Crippen LogP contribution in [0.4, 0.5) is 5.69 Å². The van der Waals surface area contributed by atoms with E-state index in [0.29, 0.717) is 18.8 Å². The minimum absolute atomic E-state index is 0.0491. The molecule has 10 heteroatoms. The van der Waals surface area contributed by atoms with Crippen molar-refractivity contribution < 1.29 is 19.4 Å². The van der Waals surface area contributed by atoms with Crippen molar-refractivity contribution in [3.63, 3.8) is 0 Å². The highest BCUT2D eigenvalue weighted by Gasteiger charge is 2.23. The molecular weight excluding hydrogens is 448 g/mol. The summed E-state index contributed by atoms with van der Waals surface area (Å²) >= 11 is 0. The smallest absolute Gasteiger partial charge is 0.358 e. The Labute approximate surface area is 204 Å². The molecule has 10 nitrogen and oxygen atoms in total. The van der Waals surface area contributed by atoms with E-state index in [0.717, 1.165) is 62.7 Å². The second-order valence-corrected chi connectivity index (χ2v) is 8.75. The topological polar surface area (TPSA) is 137 Å². The van der Waals surface area contributed by atoms with Gasteiger partial charge in [-0.25, -0.2) is 4.79 Å². The molecule has 1 aromatic carbocycles. The fourth-order valence-electron chi connectivity index (χ4n) is 4.22. The van der Waals surface area contributed by atoms with Gasteiger partial charge in [0.15, 0.2) is 5.69 Å². The highest BCUT2D eigenvalue weighted by molar-refractivity contribution is 6.07. The number of aryl methyl sites for hydroxylation is 1. The van der Waals surface area contributed by atoms with Crippen molar-refractivity contribution in [3.8, 4) is 11.1 Å². The van der Waals surface area contributed by atoms with Crippen LogP contribution >= 0.6 is 0 Å². The summed E-state index contributed by atoms with van der Waals surface area (Å²) in [6.45, 7) is 2.77. The van der Waals surface area contributed by atoms with Gasteiger partial charge in [0.25, 0.3) is 5.91 Å². The van der Waals surface area contributed by atoms with Gasteiger partial charge in [0, 0.05) is 43.3 Å². The van der Waals surface area contributed by atoms with E-state index in [9.17, 15) is 14.7 Å². The minimum atomic E-state index is -1.18. The SMILES string of the molecule is NCCCCCCn1cc(-c2cccc(C(=O)Nc3cn(C4CCOCC4)nc3C(=O)O)c2)cn1. The predicted molar refractivity (Wildman–Crippen MR) is 131 cm³/mol. The molecule has 4 rings (SSSR count). The van der Waals surface area contributed by atoms with Crippen LogP contribution in [0, 0.1) is 0 Å². The summed E-state index contributed by atoms with van der Waals surface area (Å²) in [4.78, 5) is 24.7. The molecule has 0 saturated carbocycles. The number of hydrogen-bond acceptors (Lipinski definition) is 6. The Morgan fingerprint density at radius 3 is 2.69 bits per heavy atom. The Balaban J connectivity index is 1.44. The van der Waals surface area contributed by atoms with Crippen LogP contribution in [0.15, 0.2) is 42.9 Å². The standard InChI is InChI=1S/C25H32N6O4/c26-10-3-1-2-4-11-30-16-20(15-27-30)18-6-5-7-19(14-18)24(32)28-22-17-31(29-23(22)25(33)34)21-8-12-35-13-9-21/h5-7,14-17,21H,1-4,8-13,26H2,(H,28,32)(H,33,34). The van der Waals surface area contributed by atoms with E-state index >= 15 is 0 Å². The van der Waals surface area contributed by atoms with Crippen molar-refractivity contribution >= 4 is 17.6 Å². The minimum Gasteiger partial charge on any atom is -0.476 e. The Morgan fingerprint density at radius 1 is 1.11 bits per heavy atom. The lowest BCUT2D eigenvalue weighted by atomic mass is 10.1. The Kier molecular flexibility index (Phi) is 8.27. The molecule has 1 fully saturated rings. The summed E-state index contributed by atoms with van der Waals surface area (Å²) < 4.78 is 8.91. The van der Waals surface area contributed by atoms with Crippen molar-refractivity contribution in [2.24, 2.45) is 5.73 Å². The van der Waals surface area contributed by atoms with Crippen molar-refractivity contribution in [1.29, 1.82) is 0 Å². The molecule has 0 aliphatic carbocycles. The second kappa shape index (κ2) is 11.8. The molecule has 0 spiro atoms. The maximum absolute atomic E-state index is 13.0. The molecule has 2 aromatic heterocycles. The number of nitrogens with two attached hydrogens (primary N) is 1. The van der Waals surface area contributed by atoms with Crippen LogP contribution in [-0.4, -0.2) is 56.3 Å². The number of hydrogen-bond donors (Lipinski definition) is 3. The average Bonchev–Trinajstić information content (AvgIpc) is 3.52. The van der Waals surface area contributed by atoms with Gasteiger partial charge in [-0.3, -0.25) is 14.2 Å². The molecule has 1 saturated heterocycles. The van der Waals surface area contributed by atoms with Gasteiger partial charge < -0.3 is 20.9 Å². The first kappa shape index (κ1) is 24.6. The normalized spacial score (nSPS) is 14.2. The van der Waals surface area contributed by atoms with Gasteiger partial charge in [0.1, 0.15) is 0 Å². The first-order valence-corrected chi connectivity index (χ1v) is 12.1. The Bertz CT molecular complexity index is 1150. The first-order chi connectivity index (χ1) is 17.0. The van der Waals surface area contributed by atoms with Gasteiger partial charge in [-0.1, -0.05) is 25.0 Å². The largest absolute Gasteiger partial charge is 0.476 e. The second-order valence-electron chi connectivity index (χ2n) is 8.75. The van der Waals surface area contributed by atoms with Gasteiger partial charge in [0.2, 0.25) is 0 Å². The number of carbonyl (C=O) groups excluding carboxylic acids is 1. The lowest BCUT2D eigenvalue weighted by Crippen LogP contribution is -2.20. The number of aromatic nitrogens is 4. The van der Waals surface area contributed by atoms with E-state index in [1.807, 2.05) is 16.9 Å². The van der Waals surface area contributed by atoms with Crippen LogP contribution < -0.4 is 11.1 Å². The number of aromatic carboxylic acids is 1. The van der Waals surface area contributed by atoms with Crippen molar-refractivity contribution in [2.45, 2.75) is 51.1 Å². The number of benzene rings is 1. The average molecular weight is 481 g/mol. The van der Waals surface area contributed by atoms with Gasteiger partial charge in [-0.05, 0) is 49.9 Å². The Hall–Kier alpha value is -3.50. The molecule has 0 radical (unpaired) electrons. The molecule has 3 heterocycles. The molecule has 35 heavy (non-hydrogen) atoms. The van der Waals surface area contributed by atoms with E-state index in [-0.39, 0.29) is 17.4 Å². The molecule has 186 valence electrons. The Morgan fingerprint density at radius 2 is 1.91 bits per heavy atom. The third kappa shape index (κ3) is 6.34. The lowest BCUT2D eigenvalue weighted by Gasteiger charge is -2.22. The number of carboxylic acids is 1. The third-order valence-corrected chi connectivity index (χ3v) is 6.18. The van der Waals surface area contributed by atoms with Crippen LogP contribution in [-0.2, 0) is 11.3 Å². The van der Waals surface area contributed by atoms with Crippen molar-refractivity contribution in [1.82, 2.24) is 19.6 Å². The first-order valence-electron chi connectivity index (χ1n) is 12.1. The molecule has 0 bridgehead atoms. The molecule has 1 amide bonds. The van der Waals surface area contributed by atoms with Gasteiger partial charge in [-0.15, -0.1) is 0 Å². The summed E-state index contributed by atoms with van der Waals surface area (Å²) in [5, 5.41) is 21.0. The number of rotatable bonds is 11. The van der Waals surface area contributed by atoms with Gasteiger partial charge >= 0.3 is 5.97 Å². The van der Waals surface area contributed by atoms with Crippen molar-refractivity contribution in [2.75, 3.05) is 25.1 Å². The van der Waals surface area contributed by atoms with E-state index in [1.54, 1.807) is 35.3 Å². The zero-order chi connectivity index (χ0) is 24.6. The molecule has 3 aromatic rings. The quantitative estimate of drug-likeness (QED) is 0.357. The summed E-state index contributed by atoms with van der Waals surface area (Å²) in [7, 11) is 0. The van der Waals surface area contributed by atoms with Gasteiger partial charge in [-0.2, -0.15) is 10.2 Å². The van der Waals surface area contributed by atoms with Crippen molar-refractivity contribution in [3.05, 3.63) is 54.1 Å². The summed E-state index contributed by atoms with van der Waals surface area (Å²) in [5.74, 6) is -1.58. The molecule has 1 aliphatic rings. The fraction of sp³-hybridized carbons (Fsp3) is 0.440.